The number of thiazole rings is 2. The number of amides is 1. The molecule has 10 heteroatoms. The van der Waals surface area contributed by atoms with Crippen LogP contribution < -0.4 is 5.32 Å². The summed E-state index contributed by atoms with van der Waals surface area (Å²) in [7, 11) is -4.78. The zero-order valence-corrected chi connectivity index (χ0v) is 12.7. The van der Waals surface area contributed by atoms with E-state index in [4.69, 9.17) is 0 Å². The number of carbonyl (C=O) groups is 1. The van der Waals surface area contributed by atoms with Crippen LogP contribution >= 0.6 is 22.7 Å². The van der Waals surface area contributed by atoms with Gasteiger partial charge in [0.25, 0.3) is 0 Å². The van der Waals surface area contributed by atoms with E-state index < -0.39 is 14.4 Å². The number of nitrogens with zero attached hydrogens (tertiary/aromatic N) is 2. The molecule has 1 amide bonds. The van der Waals surface area contributed by atoms with E-state index in [0.29, 0.717) is 17.0 Å². The lowest BCUT2D eigenvalue weighted by Crippen LogP contribution is -2.14. The summed E-state index contributed by atoms with van der Waals surface area (Å²) in [5, 5.41) is 5.18. The van der Waals surface area contributed by atoms with E-state index in [1.165, 1.54) is 11.3 Å². The molecule has 0 aliphatic rings. The zero-order chi connectivity index (χ0) is 14.8. The molecule has 2 aromatic rings. The maximum absolute atomic E-state index is 12.7. The van der Waals surface area contributed by atoms with E-state index in [1.54, 1.807) is 5.38 Å². The fraction of sp³-hybridized carbons (Fsp3) is 0.300. The maximum atomic E-state index is 12.7. The Bertz CT molecular complexity index is 723. The van der Waals surface area contributed by atoms with Crippen molar-refractivity contribution in [3.05, 3.63) is 22.3 Å². The molecule has 1 N–H and O–H groups in total. The average Bonchev–Trinajstić information content (AvgIpc) is 2.97. The number of carbonyl (C=O) groups excluding carboxylic acids is 1. The van der Waals surface area contributed by atoms with Crippen LogP contribution in [0.3, 0.4) is 0 Å². The summed E-state index contributed by atoms with van der Waals surface area (Å²) in [6, 6.07) is 0. The second-order valence-corrected chi connectivity index (χ2v) is 7.28. The zero-order valence-electron chi connectivity index (χ0n) is 10.3. The SMILES string of the molecule is CCc1nc(CC(=O)Nc2ncc(S(=O)(=O)F)s2)cs1. The molecule has 2 aromatic heterocycles. The van der Waals surface area contributed by atoms with Gasteiger partial charge < -0.3 is 5.32 Å². The molecule has 0 radical (unpaired) electrons. The molecular formula is C10H10FN3O3S3. The highest BCUT2D eigenvalue weighted by Gasteiger charge is 2.17. The minimum atomic E-state index is -4.78. The molecule has 108 valence electrons. The molecule has 0 saturated carbocycles. The molecule has 2 heterocycles. The van der Waals surface area contributed by atoms with Crippen LogP contribution in [0.15, 0.2) is 15.8 Å². The van der Waals surface area contributed by atoms with Gasteiger partial charge in [-0.3, -0.25) is 4.79 Å². The number of anilines is 1. The third-order valence-corrected chi connectivity index (χ3v) is 5.40. The minimum absolute atomic E-state index is 0.0390. The summed E-state index contributed by atoms with van der Waals surface area (Å²) in [5.74, 6) is -0.380. The average molecular weight is 335 g/mol. The molecule has 0 saturated heterocycles. The first-order valence-electron chi connectivity index (χ1n) is 5.52. The quantitative estimate of drug-likeness (QED) is 0.844. The Kier molecular flexibility index (Phi) is 4.45. The Hall–Kier alpha value is -1.39. The maximum Gasteiger partial charge on any atom is 0.343 e. The number of halogens is 1. The second kappa shape index (κ2) is 5.94. The molecule has 0 spiro atoms. The van der Waals surface area contributed by atoms with Crippen LogP contribution in [0, 0.1) is 0 Å². The molecular weight excluding hydrogens is 325 g/mol. The molecule has 0 unspecified atom stereocenters. The lowest BCUT2D eigenvalue weighted by molar-refractivity contribution is -0.115. The number of rotatable bonds is 5. The van der Waals surface area contributed by atoms with Crippen LogP contribution in [0.2, 0.25) is 0 Å². The van der Waals surface area contributed by atoms with Crippen LogP contribution in [0.1, 0.15) is 17.6 Å². The van der Waals surface area contributed by atoms with Gasteiger partial charge in [-0.05, 0) is 6.42 Å². The van der Waals surface area contributed by atoms with Crippen LogP contribution in [-0.2, 0) is 27.9 Å². The number of nitrogens with one attached hydrogen (secondary N) is 1. The lowest BCUT2D eigenvalue weighted by Gasteiger charge is -1.98. The monoisotopic (exact) mass is 335 g/mol. The molecule has 0 aliphatic carbocycles. The summed E-state index contributed by atoms with van der Waals surface area (Å²) in [6.45, 7) is 1.97. The van der Waals surface area contributed by atoms with Crippen LogP contribution in [-0.4, -0.2) is 24.3 Å². The minimum Gasteiger partial charge on any atom is -0.302 e. The molecule has 0 bridgehead atoms. The van der Waals surface area contributed by atoms with Crippen molar-refractivity contribution in [2.45, 2.75) is 24.0 Å². The third kappa shape index (κ3) is 3.81. The van der Waals surface area contributed by atoms with E-state index in [1.807, 2.05) is 6.92 Å². The number of aryl methyl sites for hydroxylation is 1. The van der Waals surface area contributed by atoms with Crippen molar-refractivity contribution in [3.8, 4) is 0 Å². The fourth-order valence-corrected chi connectivity index (χ4v) is 3.47. The highest BCUT2D eigenvalue weighted by Crippen LogP contribution is 2.24. The first kappa shape index (κ1) is 15.0. The largest absolute Gasteiger partial charge is 0.343 e. The standard InChI is InChI=1S/C10H10FN3O3S3/c1-2-8-13-6(5-18-8)3-7(15)14-10-12-4-9(19-10)20(11,16)17/h4-5H,2-3H2,1H3,(H,12,14,15). The fourth-order valence-electron chi connectivity index (χ4n) is 1.35. The molecule has 6 nitrogen and oxygen atoms in total. The number of aromatic nitrogens is 2. The molecule has 0 atom stereocenters. The molecule has 0 aliphatic heterocycles. The van der Waals surface area contributed by atoms with Crippen molar-refractivity contribution in [2.75, 3.05) is 5.32 Å². The van der Waals surface area contributed by atoms with Gasteiger partial charge in [0.1, 0.15) is 0 Å². The van der Waals surface area contributed by atoms with Crippen molar-refractivity contribution >= 4 is 43.9 Å². The predicted octanol–water partition coefficient (Wildman–Crippen LogP) is 2.00. The summed E-state index contributed by atoms with van der Waals surface area (Å²) in [5.41, 5.74) is 0.638. The molecule has 0 fully saturated rings. The van der Waals surface area contributed by atoms with Crippen molar-refractivity contribution < 1.29 is 17.1 Å². The Morgan fingerprint density at radius 1 is 1.50 bits per heavy atom. The van der Waals surface area contributed by atoms with Gasteiger partial charge in [-0.15, -0.1) is 11.3 Å². The van der Waals surface area contributed by atoms with Crippen LogP contribution in [0.25, 0.3) is 0 Å². The Morgan fingerprint density at radius 2 is 2.25 bits per heavy atom. The highest BCUT2D eigenvalue weighted by molar-refractivity contribution is 7.88. The summed E-state index contributed by atoms with van der Waals surface area (Å²) >= 11 is 2.04. The van der Waals surface area contributed by atoms with E-state index in [2.05, 4.69) is 15.3 Å². The second-order valence-electron chi connectivity index (χ2n) is 3.73. The van der Waals surface area contributed by atoms with Gasteiger partial charge in [-0.25, -0.2) is 9.97 Å². The van der Waals surface area contributed by atoms with Gasteiger partial charge >= 0.3 is 10.2 Å². The Labute approximate surface area is 122 Å². The summed E-state index contributed by atoms with van der Waals surface area (Å²) in [6.07, 6.45) is 1.73. The number of hydrogen-bond donors (Lipinski definition) is 1. The molecule has 20 heavy (non-hydrogen) atoms. The normalized spacial score (nSPS) is 11.5. The smallest absolute Gasteiger partial charge is 0.302 e. The molecule has 0 aromatic carbocycles. The number of hydrogen-bond acceptors (Lipinski definition) is 7. The first-order valence-corrected chi connectivity index (χ1v) is 8.60. The predicted molar refractivity (Wildman–Crippen MR) is 74.2 cm³/mol. The van der Waals surface area contributed by atoms with Gasteiger partial charge in [0.05, 0.1) is 23.3 Å². The van der Waals surface area contributed by atoms with E-state index in [0.717, 1.165) is 17.6 Å². The van der Waals surface area contributed by atoms with Crippen LogP contribution in [0.4, 0.5) is 9.02 Å². The Balaban J connectivity index is 1.99. The Morgan fingerprint density at radius 3 is 2.80 bits per heavy atom. The van der Waals surface area contributed by atoms with Gasteiger partial charge in [-0.2, -0.15) is 8.42 Å². The third-order valence-electron chi connectivity index (χ3n) is 2.21. The molecule has 2 rings (SSSR count). The topological polar surface area (TPSA) is 89.0 Å². The summed E-state index contributed by atoms with van der Waals surface area (Å²) in [4.78, 5) is 19.6. The van der Waals surface area contributed by atoms with Gasteiger partial charge in [0.15, 0.2) is 9.34 Å². The van der Waals surface area contributed by atoms with Crippen molar-refractivity contribution in [3.63, 3.8) is 0 Å². The van der Waals surface area contributed by atoms with Crippen LogP contribution in [0.5, 0.6) is 0 Å². The van der Waals surface area contributed by atoms with E-state index in [9.17, 15) is 17.1 Å². The highest BCUT2D eigenvalue weighted by atomic mass is 32.3. The van der Waals surface area contributed by atoms with Gasteiger partial charge in [-0.1, -0.05) is 22.1 Å². The van der Waals surface area contributed by atoms with Crippen molar-refractivity contribution in [1.82, 2.24) is 9.97 Å². The van der Waals surface area contributed by atoms with E-state index in [-0.39, 0.29) is 17.5 Å². The van der Waals surface area contributed by atoms with Gasteiger partial charge in [0.2, 0.25) is 5.91 Å². The first-order chi connectivity index (χ1) is 9.38. The van der Waals surface area contributed by atoms with E-state index >= 15 is 0 Å². The van der Waals surface area contributed by atoms with Crippen molar-refractivity contribution in [2.24, 2.45) is 0 Å². The van der Waals surface area contributed by atoms with Gasteiger partial charge in [0, 0.05) is 5.38 Å². The summed E-state index contributed by atoms with van der Waals surface area (Å²) < 4.78 is 33.4. The van der Waals surface area contributed by atoms with Crippen molar-refractivity contribution in [1.29, 1.82) is 0 Å². The lowest BCUT2D eigenvalue weighted by atomic mass is 10.3.